The number of unbranched alkanes of at least 4 members (excludes halogenated alkanes) is 1. The molecule has 0 aliphatic heterocycles. The molecule has 20 heavy (non-hydrogen) atoms. The van der Waals surface area contributed by atoms with Crippen LogP contribution < -0.4 is 0 Å². The van der Waals surface area contributed by atoms with Crippen LogP contribution in [0.5, 0.6) is 0 Å². The van der Waals surface area contributed by atoms with Crippen LogP contribution in [0.4, 0.5) is 0 Å². The van der Waals surface area contributed by atoms with Crippen molar-refractivity contribution in [2.24, 2.45) is 0 Å². The number of hydrogen-bond acceptors (Lipinski definition) is 3. The minimum Gasteiger partial charge on any atom is -0.467 e. The van der Waals surface area contributed by atoms with Crippen molar-refractivity contribution in [1.82, 2.24) is 9.80 Å². The van der Waals surface area contributed by atoms with Crippen molar-refractivity contribution in [2.75, 3.05) is 20.1 Å². The third-order valence-electron chi connectivity index (χ3n) is 3.24. The summed E-state index contributed by atoms with van der Waals surface area (Å²) in [5.74, 6) is 0.751. The zero-order valence-corrected chi connectivity index (χ0v) is 12.6. The summed E-state index contributed by atoms with van der Waals surface area (Å²) in [6.07, 6.45) is 4.00. The van der Waals surface area contributed by atoms with Crippen molar-refractivity contribution in [3.63, 3.8) is 0 Å². The first-order chi connectivity index (χ1) is 9.54. The summed E-state index contributed by atoms with van der Waals surface area (Å²) >= 11 is 0. The van der Waals surface area contributed by atoms with Gasteiger partial charge in [0.15, 0.2) is 0 Å². The number of hydrogen-bond donors (Lipinski definition) is 0. The number of nitrogens with zero attached hydrogens (tertiary/aromatic N) is 2. The number of carbonyl (C=O) groups is 2. The molecule has 0 N–H and O–H groups in total. The Balaban J connectivity index is 2.42. The van der Waals surface area contributed by atoms with E-state index in [0.29, 0.717) is 19.5 Å². The summed E-state index contributed by atoms with van der Waals surface area (Å²) in [7, 11) is 1.81. The normalized spacial score (nSPS) is 10.3. The molecule has 5 heteroatoms. The Labute approximate surface area is 120 Å². The summed E-state index contributed by atoms with van der Waals surface area (Å²) in [6.45, 7) is 5.21. The Bertz CT molecular complexity index is 415. The maximum atomic E-state index is 11.9. The molecule has 1 rings (SSSR count). The molecule has 0 spiro atoms. The van der Waals surface area contributed by atoms with Gasteiger partial charge in [-0.15, -0.1) is 0 Å². The van der Waals surface area contributed by atoms with E-state index in [9.17, 15) is 9.59 Å². The monoisotopic (exact) mass is 280 g/mol. The lowest BCUT2D eigenvalue weighted by Gasteiger charge is -2.22. The lowest BCUT2D eigenvalue weighted by molar-refractivity contribution is -0.133. The topological polar surface area (TPSA) is 53.8 Å². The molecule has 0 radical (unpaired) electrons. The van der Waals surface area contributed by atoms with Crippen LogP contribution >= 0.6 is 0 Å². The Hall–Kier alpha value is -1.78. The van der Waals surface area contributed by atoms with Gasteiger partial charge in [0.25, 0.3) is 0 Å². The molecule has 0 atom stereocenters. The van der Waals surface area contributed by atoms with Crippen LogP contribution in [0.15, 0.2) is 22.8 Å². The van der Waals surface area contributed by atoms with Gasteiger partial charge < -0.3 is 14.2 Å². The molecule has 0 aromatic carbocycles. The standard InChI is InChI=1S/C15H24N2O3/c1-4-5-9-16(3)15(19)8-10-17(13(2)18)12-14-7-6-11-20-14/h6-7,11H,4-5,8-10,12H2,1-3H3. The van der Waals surface area contributed by atoms with Gasteiger partial charge in [0, 0.05) is 33.5 Å². The van der Waals surface area contributed by atoms with E-state index in [1.165, 1.54) is 6.92 Å². The van der Waals surface area contributed by atoms with Crippen molar-refractivity contribution in [2.45, 2.75) is 39.7 Å². The fourth-order valence-corrected chi connectivity index (χ4v) is 1.88. The van der Waals surface area contributed by atoms with Gasteiger partial charge in [-0.3, -0.25) is 9.59 Å². The molecule has 0 saturated heterocycles. The predicted octanol–water partition coefficient (Wildman–Crippen LogP) is 2.28. The summed E-state index contributed by atoms with van der Waals surface area (Å²) in [4.78, 5) is 26.9. The largest absolute Gasteiger partial charge is 0.467 e. The van der Waals surface area contributed by atoms with Crippen molar-refractivity contribution < 1.29 is 14.0 Å². The molecule has 112 valence electrons. The second kappa shape index (κ2) is 8.40. The number of rotatable bonds is 8. The quantitative estimate of drug-likeness (QED) is 0.734. The maximum Gasteiger partial charge on any atom is 0.224 e. The molecular formula is C15H24N2O3. The third kappa shape index (κ3) is 5.47. The van der Waals surface area contributed by atoms with Crippen LogP contribution in [0, 0.1) is 0 Å². The molecule has 2 amide bonds. The second-order valence-electron chi connectivity index (χ2n) is 4.94. The Morgan fingerprint density at radius 2 is 2.05 bits per heavy atom. The molecule has 0 saturated carbocycles. The molecular weight excluding hydrogens is 256 g/mol. The summed E-state index contributed by atoms with van der Waals surface area (Å²) in [5.41, 5.74) is 0. The Morgan fingerprint density at radius 1 is 1.30 bits per heavy atom. The highest BCUT2D eigenvalue weighted by molar-refractivity contribution is 5.77. The second-order valence-corrected chi connectivity index (χ2v) is 4.94. The molecule has 0 fully saturated rings. The van der Waals surface area contributed by atoms with Crippen molar-refractivity contribution in [3.05, 3.63) is 24.2 Å². The molecule has 0 unspecified atom stereocenters. The van der Waals surface area contributed by atoms with Crippen LogP contribution in [-0.4, -0.2) is 41.8 Å². The number of amides is 2. The molecule has 5 nitrogen and oxygen atoms in total. The highest BCUT2D eigenvalue weighted by Gasteiger charge is 2.15. The van der Waals surface area contributed by atoms with Crippen LogP contribution in [-0.2, 0) is 16.1 Å². The van der Waals surface area contributed by atoms with Gasteiger partial charge in [-0.2, -0.15) is 0 Å². The fraction of sp³-hybridized carbons (Fsp3) is 0.600. The minimum atomic E-state index is -0.0505. The van der Waals surface area contributed by atoms with Gasteiger partial charge in [-0.25, -0.2) is 0 Å². The average Bonchev–Trinajstić information content (AvgIpc) is 2.92. The van der Waals surface area contributed by atoms with Crippen LogP contribution in [0.2, 0.25) is 0 Å². The van der Waals surface area contributed by atoms with E-state index < -0.39 is 0 Å². The van der Waals surface area contributed by atoms with Crippen LogP contribution in [0.3, 0.4) is 0 Å². The van der Waals surface area contributed by atoms with E-state index in [1.54, 1.807) is 22.1 Å². The third-order valence-corrected chi connectivity index (χ3v) is 3.24. The smallest absolute Gasteiger partial charge is 0.224 e. The van der Waals surface area contributed by atoms with Crippen LogP contribution in [0.1, 0.15) is 38.9 Å². The number of carbonyl (C=O) groups excluding carboxylic acids is 2. The van der Waals surface area contributed by atoms with Gasteiger partial charge in [0.2, 0.25) is 11.8 Å². The van der Waals surface area contributed by atoms with Crippen molar-refractivity contribution >= 4 is 11.8 Å². The average molecular weight is 280 g/mol. The van der Waals surface area contributed by atoms with E-state index in [0.717, 1.165) is 25.1 Å². The molecule has 1 aromatic heterocycles. The Kier molecular flexibility index (Phi) is 6.84. The summed E-state index contributed by atoms with van der Waals surface area (Å²) in [6, 6.07) is 3.61. The van der Waals surface area contributed by atoms with Gasteiger partial charge in [-0.05, 0) is 18.6 Å². The first-order valence-electron chi connectivity index (χ1n) is 7.06. The summed E-state index contributed by atoms with van der Waals surface area (Å²) < 4.78 is 5.23. The van der Waals surface area contributed by atoms with E-state index in [1.807, 2.05) is 13.1 Å². The van der Waals surface area contributed by atoms with E-state index in [2.05, 4.69) is 6.92 Å². The Morgan fingerprint density at radius 3 is 2.60 bits per heavy atom. The zero-order chi connectivity index (χ0) is 15.0. The highest BCUT2D eigenvalue weighted by Crippen LogP contribution is 2.07. The van der Waals surface area contributed by atoms with Gasteiger partial charge >= 0.3 is 0 Å². The molecule has 1 heterocycles. The minimum absolute atomic E-state index is 0.0505. The molecule has 0 aliphatic carbocycles. The predicted molar refractivity (Wildman–Crippen MR) is 77.0 cm³/mol. The summed E-state index contributed by atoms with van der Waals surface area (Å²) in [5, 5.41) is 0. The van der Waals surface area contributed by atoms with Gasteiger partial charge in [0.1, 0.15) is 5.76 Å². The van der Waals surface area contributed by atoms with E-state index in [-0.39, 0.29) is 11.8 Å². The van der Waals surface area contributed by atoms with E-state index in [4.69, 9.17) is 4.42 Å². The van der Waals surface area contributed by atoms with Crippen LogP contribution in [0.25, 0.3) is 0 Å². The van der Waals surface area contributed by atoms with Gasteiger partial charge in [-0.1, -0.05) is 13.3 Å². The molecule has 0 aliphatic rings. The SMILES string of the molecule is CCCCN(C)C(=O)CCN(Cc1ccco1)C(C)=O. The lowest BCUT2D eigenvalue weighted by atomic mass is 10.3. The van der Waals surface area contributed by atoms with Crippen molar-refractivity contribution in [1.29, 1.82) is 0 Å². The molecule has 1 aromatic rings. The lowest BCUT2D eigenvalue weighted by Crippen LogP contribution is -2.34. The zero-order valence-electron chi connectivity index (χ0n) is 12.6. The maximum absolute atomic E-state index is 11.9. The fourth-order valence-electron chi connectivity index (χ4n) is 1.88. The van der Waals surface area contributed by atoms with Crippen molar-refractivity contribution in [3.8, 4) is 0 Å². The number of furan rings is 1. The van der Waals surface area contributed by atoms with E-state index >= 15 is 0 Å². The first kappa shape index (κ1) is 16.3. The van der Waals surface area contributed by atoms with Gasteiger partial charge in [0.05, 0.1) is 12.8 Å². The first-order valence-corrected chi connectivity index (χ1v) is 7.06. The molecule has 0 bridgehead atoms. The highest BCUT2D eigenvalue weighted by atomic mass is 16.3.